The Morgan fingerprint density at radius 3 is 2.95 bits per heavy atom. The highest BCUT2D eigenvalue weighted by molar-refractivity contribution is 5.98. The molecule has 2 aliphatic rings. The van der Waals surface area contributed by atoms with Gasteiger partial charge in [0.25, 0.3) is 5.91 Å². The molecule has 21 heavy (non-hydrogen) atoms. The van der Waals surface area contributed by atoms with Crippen molar-refractivity contribution in [2.75, 3.05) is 25.0 Å². The first-order chi connectivity index (χ1) is 10.2. The van der Waals surface area contributed by atoms with Crippen LogP contribution in [0.15, 0.2) is 18.2 Å². The van der Waals surface area contributed by atoms with Crippen molar-refractivity contribution < 1.29 is 14.6 Å². The second kappa shape index (κ2) is 6.35. The van der Waals surface area contributed by atoms with E-state index in [4.69, 9.17) is 4.74 Å². The lowest BCUT2D eigenvalue weighted by molar-refractivity contribution is 0.0907. The van der Waals surface area contributed by atoms with Crippen LogP contribution >= 0.6 is 0 Å². The van der Waals surface area contributed by atoms with Crippen LogP contribution in [0.25, 0.3) is 0 Å². The van der Waals surface area contributed by atoms with Gasteiger partial charge in [-0.15, -0.1) is 0 Å². The van der Waals surface area contributed by atoms with E-state index < -0.39 is 0 Å². The van der Waals surface area contributed by atoms with Gasteiger partial charge in [0.15, 0.2) is 5.75 Å². The van der Waals surface area contributed by atoms with Gasteiger partial charge in [0.1, 0.15) is 6.61 Å². The van der Waals surface area contributed by atoms with Gasteiger partial charge in [-0.3, -0.25) is 4.79 Å². The Hall–Kier alpha value is -1.75. The van der Waals surface area contributed by atoms with Crippen molar-refractivity contribution in [1.29, 1.82) is 0 Å². The summed E-state index contributed by atoms with van der Waals surface area (Å²) >= 11 is 0. The molecule has 3 rings (SSSR count). The fourth-order valence-electron chi connectivity index (χ4n) is 3.03. The van der Waals surface area contributed by atoms with Crippen molar-refractivity contribution in [3.8, 4) is 5.75 Å². The molecule has 1 heterocycles. The summed E-state index contributed by atoms with van der Waals surface area (Å²) in [6.45, 7) is 2.02. The molecule has 5 nitrogen and oxygen atoms in total. The number of hydrogen-bond donors (Lipinski definition) is 3. The average molecular weight is 290 g/mol. The highest BCUT2D eigenvalue weighted by Gasteiger charge is 2.22. The lowest BCUT2D eigenvalue weighted by Gasteiger charge is -2.26. The maximum Gasteiger partial charge on any atom is 0.255 e. The quantitative estimate of drug-likeness (QED) is 0.793. The predicted octanol–water partition coefficient (Wildman–Crippen LogP) is 1.77. The lowest BCUT2D eigenvalue weighted by atomic mass is 9.87. The van der Waals surface area contributed by atoms with E-state index in [1.54, 1.807) is 6.07 Å². The Labute approximate surface area is 124 Å². The van der Waals surface area contributed by atoms with Crippen LogP contribution in [0.2, 0.25) is 0 Å². The molecule has 1 aromatic rings. The van der Waals surface area contributed by atoms with E-state index in [1.165, 1.54) is 0 Å². The highest BCUT2D eigenvalue weighted by atomic mass is 16.5. The highest BCUT2D eigenvalue weighted by Crippen LogP contribution is 2.31. The van der Waals surface area contributed by atoms with Crippen LogP contribution in [-0.4, -0.2) is 36.8 Å². The van der Waals surface area contributed by atoms with E-state index >= 15 is 0 Å². The van der Waals surface area contributed by atoms with E-state index in [0.29, 0.717) is 30.4 Å². The topological polar surface area (TPSA) is 70.6 Å². The Morgan fingerprint density at radius 1 is 1.33 bits per heavy atom. The van der Waals surface area contributed by atoms with E-state index in [0.717, 1.165) is 37.9 Å². The van der Waals surface area contributed by atoms with Crippen LogP contribution < -0.4 is 15.4 Å². The van der Waals surface area contributed by atoms with E-state index in [9.17, 15) is 9.90 Å². The SMILES string of the molecule is O=C(NCC1CCC(O)CC1)c1cccc2c1OCCN2. The average Bonchev–Trinajstić information content (AvgIpc) is 2.53. The molecule has 1 aliphatic heterocycles. The van der Waals surface area contributed by atoms with Crippen LogP contribution in [0.3, 0.4) is 0 Å². The zero-order chi connectivity index (χ0) is 14.7. The molecule has 0 atom stereocenters. The smallest absolute Gasteiger partial charge is 0.255 e. The number of amides is 1. The molecule has 1 aromatic carbocycles. The van der Waals surface area contributed by atoms with Crippen LogP contribution in [0.5, 0.6) is 5.75 Å². The maximum atomic E-state index is 12.4. The maximum absolute atomic E-state index is 12.4. The van der Waals surface area contributed by atoms with E-state index in [1.807, 2.05) is 12.1 Å². The van der Waals surface area contributed by atoms with E-state index in [2.05, 4.69) is 10.6 Å². The summed E-state index contributed by atoms with van der Waals surface area (Å²) in [5.41, 5.74) is 1.48. The number of aliphatic hydroxyl groups excluding tert-OH is 1. The normalized spacial score (nSPS) is 24.4. The molecule has 0 bridgehead atoms. The number of ether oxygens (including phenoxy) is 1. The van der Waals surface area contributed by atoms with Gasteiger partial charge in [-0.2, -0.15) is 0 Å². The zero-order valence-corrected chi connectivity index (χ0v) is 12.1. The molecule has 1 aliphatic carbocycles. The van der Waals surface area contributed by atoms with Gasteiger partial charge in [-0.1, -0.05) is 6.07 Å². The molecule has 114 valence electrons. The lowest BCUT2D eigenvalue weighted by Crippen LogP contribution is -2.32. The van der Waals surface area contributed by atoms with Gasteiger partial charge in [-0.05, 0) is 43.7 Å². The third-order valence-electron chi connectivity index (χ3n) is 4.29. The fourth-order valence-corrected chi connectivity index (χ4v) is 3.03. The van der Waals surface area contributed by atoms with Crippen LogP contribution in [-0.2, 0) is 0 Å². The summed E-state index contributed by atoms with van der Waals surface area (Å²) in [6, 6.07) is 5.59. The summed E-state index contributed by atoms with van der Waals surface area (Å²) in [6.07, 6.45) is 3.49. The number of aliphatic hydroxyl groups is 1. The van der Waals surface area contributed by atoms with Crippen LogP contribution in [0.1, 0.15) is 36.0 Å². The number of rotatable bonds is 3. The summed E-state index contributed by atoms with van der Waals surface area (Å²) in [5.74, 6) is 1.04. The molecule has 0 unspecified atom stereocenters. The second-order valence-electron chi connectivity index (χ2n) is 5.84. The van der Waals surface area contributed by atoms with E-state index in [-0.39, 0.29) is 12.0 Å². The van der Waals surface area contributed by atoms with Crippen molar-refractivity contribution in [2.24, 2.45) is 5.92 Å². The molecule has 0 aromatic heterocycles. The molecule has 1 amide bonds. The summed E-state index contributed by atoms with van der Waals surface area (Å²) in [4.78, 5) is 12.4. The minimum absolute atomic E-state index is 0.0818. The summed E-state index contributed by atoms with van der Waals surface area (Å²) < 4.78 is 5.63. The minimum Gasteiger partial charge on any atom is -0.489 e. The number of hydrogen-bond acceptors (Lipinski definition) is 4. The van der Waals surface area contributed by atoms with Crippen LogP contribution in [0.4, 0.5) is 5.69 Å². The zero-order valence-electron chi connectivity index (χ0n) is 12.1. The number of fused-ring (bicyclic) bond motifs is 1. The third kappa shape index (κ3) is 3.29. The number of benzene rings is 1. The largest absolute Gasteiger partial charge is 0.489 e. The first-order valence-corrected chi connectivity index (χ1v) is 7.70. The van der Waals surface area contributed by atoms with Gasteiger partial charge in [-0.25, -0.2) is 0 Å². The third-order valence-corrected chi connectivity index (χ3v) is 4.29. The second-order valence-corrected chi connectivity index (χ2v) is 5.84. The number of nitrogens with one attached hydrogen (secondary N) is 2. The van der Waals surface area contributed by atoms with Gasteiger partial charge in [0.2, 0.25) is 0 Å². The summed E-state index contributed by atoms with van der Waals surface area (Å²) in [7, 11) is 0. The Kier molecular flexibility index (Phi) is 4.29. The van der Waals surface area contributed by atoms with Gasteiger partial charge >= 0.3 is 0 Å². The molecule has 0 saturated heterocycles. The van der Waals surface area contributed by atoms with Crippen LogP contribution in [0, 0.1) is 5.92 Å². The van der Waals surface area contributed by atoms with Crippen molar-refractivity contribution in [3.05, 3.63) is 23.8 Å². The molecule has 3 N–H and O–H groups in total. The summed E-state index contributed by atoms with van der Waals surface area (Å²) in [5, 5.41) is 15.7. The standard InChI is InChI=1S/C16H22N2O3/c19-12-6-4-11(5-7-12)10-18-16(20)13-2-1-3-14-15(13)21-9-8-17-14/h1-3,11-12,17,19H,4-10H2,(H,18,20). The van der Waals surface area contributed by atoms with Crippen molar-refractivity contribution >= 4 is 11.6 Å². The van der Waals surface area contributed by atoms with Crippen molar-refractivity contribution in [2.45, 2.75) is 31.8 Å². The first kappa shape index (κ1) is 14.2. The fraction of sp³-hybridized carbons (Fsp3) is 0.562. The molecular formula is C16H22N2O3. The van der Waals surface area contributed by atoms with Crippen molar-refractivity contribution in [1.82, 2.24) is 5.32 Å². The number of carbonyl (C=O) groups is 1. The van der Waals surface area contributed by atoms with Gasteiger partial charge in [0, 0.05) is 13.1 Å². The molecule has 0 spiro atoms. The molecule has 1 saturated carbocycles. The Bertz CT molecular complexity index is 510. The molecule has 5 heteroatoms. The Balaban J connectivity index is 1.61. The predicted molar refractivity (Wildman–Crippen MR) is 80.7 cm³/mol. The molecule has 1 fully saturated rings. The number of carbonyl (C=O) groups excluding carboxylic acids is 1. The number of anilines is 1. The monoisotopic (exact) mass is 290 g/mol. The van der Waals surface area contributed by atoms with Gasteiger partial charge in [0.05, 0.1) is 17.4 Å². The number of para-hydroxylation sites is 1. The Morgan fingerprint density at radius 2 is 2.14 bits per heavy atom. The van der Waals surface area contributed by atoms with Crippen molar-refractivity contribution in [3.63, 3.8) is 0 Å². The minimum atomic E-state index is -0.155. The van der Waals surface area contributed by atoms with Gasteiger partial charge < -0.3 is 20.5 Å². The molecule has 0 radical (unpaired) electrons. The first-order valence-electron chi connectivity index (χ1n) is 7.70. The molecular weight excluding hydrogens is 268 g/mol.